The van der Waals surface area contributed by atoms with Crippen LogP contribution in [-0.2, 0) is 4.43 Å². The molecule has 0 spiro atoms. The second kappa shape index (κ2) is 6.55. The molecule has 0 radical (unpaired) electrons. The molecule has 0 bridgehead atoms. The summed E-state index contributed by atoms with van der Waals surface area (Å²) in [7, 11) is -1.86. The third-order valence-electron chi connectivity index (χ3n) is 6.53. The van der Waals surface area contributed by atoms with Crippen LogP contribution in [0.2, 0.25) is 18.1 Å². The van der Waals surface area contributed by atoms with Crippen molar-refractivity contribution in [2.45, 2.75) is 70.3 Å². The minimum absolute atomic E-state index is 0.130. The zero-order valence-corrected chi connectivity index (χ0v) is 18.4. The fourth-order valence-electron chi connectivity index (χ4n) is 3.72. The van der Waals surface area contributed by atoms with Crippen molar-refractivity contribution in [2.75, 3.05) is 18.0 Å². The van der Waals surface area contributed by atoms with E-state index in [1.165, 1.54) is 0 Å². The molecule has 7 nitrogen and oxygen atoms in total. The van der Waals surface area contributed by atoms with E-state index in [9.17, 15) is 10.1 Å². The van der Waals surface area contributed by atoms with E-state index in [1.54, 1.807) is 6.07 Å². The normalized spacial score (nSPS) is 20.9. The van der Waals surface area contributed by atoms with Crippen LogP contribution < -0.4 is 4.90 Å². The molecule has 1 aliphatic carbocycles. The molecule has 1 atom stereocenters. The third kappa shape index (κ3) is 3.43. The lowest BCUT2D eigenvalue weighted by Gasteiger charge is -2.38. The molecule has 8 heteroatoms. The summed E-state index contributed by atoms with van der Waals surface area (Å²) in [5.41, 5.74) is 1.73. The van der Waals surface area contributed by atoms with Gasteiger partial charge >= 0.3 is 0 Å². The van der Waals surface area contributed by atoms with Crippen LogP contribution >= 0.6 is 0 Å². The van der Waals surface area contributed by atoms with Gasteiger partial charge in [-0.2, -0.15) is 5.10 Å². The minimum atomic E-state index is -1.86. The highest BCUT2D eigenvalue weighted by Crippen LogP contribution is 2.42. The number of nitro benzene ring substituents is 1. The van der Waals surface area contributed by atoms with Crippen molar-refractivity contribution in [2.24, 2.45) is 0 Å². The average Bonchev–Trinajstić information content (AvgIpc) is 3.19. The summed E-state index contributed by atoms with van der Waals surface area (Å²) in [5, 5.41) is 17.4. The lowest BCUT2D eigenvalue weighted by atomic mass is 10.2. The van der Waals surface area contributed by atoms with Gasteiger partial charge in [-0.15, -0.1) is 0 Å². The fourth-order valence-corrected chi connectivity index (χ4v) is 5.10. The van der Waals surface area contributed by atoms with Crippen LogP contribution in [0.25, 0.3) is 10.9 Å². The zero-order valence-electron chi connectivity index (χ0n) is 17.4. The summed E-state index contributed by atoms with van der Waals surface area (Å²) in [5.74, 6) is 0. The van der Waals surface area contributed by atoms with Crippen LogP contribution in [0.4, 0.5) is 11.4 Å². The maximum atomic E-state index is 11.8. The van der Waals surface area contributed by atoms with Gasteiger partial charge in [-0.1, -0.05) is 20.8 Å². The van der Waals surface area contributed by atoms with Crippen molar-refractivity contribution in [3.63, 3.8) is 0 Å². The van der Waals surface area contributed by atoms with Crippen molar-refractivity contribution in [1.82, 2.24) is 9.78 Å². The topological polar surface area (TPSA) is 73.4 Å². The molecule has 2 aromatic rings. The monoisotopic (exact) mass is 402 g/mol. The van der Waals surface area contributed by atoms with Gasteiger partial charge in [-0.3, -0.25) is 14.8 Å². The van der Waals surface area contributed by atoms with E-state index in [0.717, 1.165) is 36.7 Å². The molecule has 0 amide bonds. The minimum Gasteiger partial charge on any atom is -0.412 e. The molecule has 1 unspecified atom stereocenters. The smallest absolute Gasteiger partial charge is 0.294 e. The summed E-state index contributed by atoms with van der Waals surface area (Å²) in [4.78, 5) is 13.7. The van der Waals surface area contributed by atoms with Gasteiger partial charge in [0.25, 0.3) is 5.69 Å². The molecule has 1 aromatic heterocycles. The molecule has 2 aliphatic rings. The highest BCUT2D eigenvalue weighted by molar-refractivity contribution is 6.74. The van der Waals surface area contributed by atoms with Gasteiger partial charge in [0.05, 0.1) is 28.8 Å². The first kappa shape index (κ1) is 19.4. The summed E-state index contributed by atoms with van der Waals surface area (Å²) >= 11 is 0. The van der Waals surface area contributed by atoms with Crippen molar-refractivity contribution < 1.29 is 9.35 Å². The van der Waals surface area contributed by atoms with Gasteiger partial charge in [-0.25, -0.2) is 0 Å². The first-order valence-corrected chi connectivity index (χ1v) is 13.1. The Morgan fingerprint density at radius 3 is 2.57 bits per heavy atom. The predicted molar refractivity (Wildman–Crippen MR) is 114 cm³/mol. The Morgan fingerprint density at radius 2 is 1.96 bits per heavy atom. The first-order valence-electron chi connectivity index (χ1n) is 10.2. The SMILES string of the molecule is CC(C)(C)[Si](C)(C)OC1CCN(c2cc3cnn(C4CC4)c3cc2[N+](=O)[O-])C1. The number of aromatic nitrogens is 2. The fraction of sp³-hybridized carbons (Fsp3) is 0.650. The van der Waals surface area contributed by atoms with Gasteiger partial charge in [0, 0.05) is 24.5 Å². The maximum absolute atomic E-state index is 11.8. The summed E-state index contributed by atoms with van der Waals surface area (Å²) in [6.45, 7) is 12.7. The van der Waals surface area contributed by atoms with E-state index in [2.05, 4.69) is 43.9 Å². The van der Waals surface area contributed by atoms with E-state index >= 15 is 0 Å². The predicted octanol–water partition coefficient (Wildman–Crippen LogP) is 4.88. The molecule has 0 N–H and O–H groups in total. The molecule has 1 saturated carbocycles. The molecule has 1 aliphatic heterocycles. The van der Waals surface area contributed by atoms with Gasteiger partial charge < -0.3 is 9.33 Å². The second-order valence-electron chi connectivity index (χ2n) is 9.71. The van der Waals surface area contributed by atoms with Crippen molar-refractivity contribution in [3.05, 3.63) is 28.4 Å². The molecule has 4 rings (SSSR count). The number of hydrogen-bond donors (Lipinski definition) is 0. The lowest BCUT2D eigenvalue weighted by Crippen LogP contribution is -2.44. The van der Waals surface area contributed by atoms with E-state index in [-0.39, 0.29) is 21.8 Å². The molecule has 1 aromatic carbocycles. The van der Waals surface area contributed by atoms with Crippen molar-refractivity contribution in [1.29, 1.82) is 0 Å². The lowest BCUT2D eigenvalue weighted by molar-refractivity contribution is -0.384. The number of rotatable bonds is 5. The molecular weight excluding hydrogens is 372 g/mol. The van der Waals surface area contributed by atoms with E-state index in [1.807, 2.05) is 16.9 Å². The van der Waals surface area contributed by atoms with Gasteiger partial charge in [0.2, 0.25) is 0 Å². The first-order chi connectivity index (χ1) is 13.1. The molecular formula is C20H30N4O3Si. The molecule has 2 heterocycles. The van der Waals surface area contributed by atoms with Crippen LogP contribution in [0.15, 0.2) is 18.3 Å². The molecule has 1 saturated heterocycles. The molecule has 152 valence electrons. The Labute approximate surface area is 166 Å². The third-order valence-corrected chi connectivity index (χ3v) is 11.1. The van der Waals surface area contributed by atoms with Crippen molar-refractivity contribution in [3.8, 4) is 0 Å². The summed E-state index contributed by atoms with van der Waals surface area (Å²) in [6, 6.07) is 4.05. The second-order valence-corrected chi connectivity index (χ2v) is 14.5. The number of nitro groups is 1. The zero-order chi connectivity index (χ0) is 20.3. The molecule has 2 fully saturated rings. The van der Waals surface area contributed by atoms with Gasteiger partial charge in [-0.05, 0) is 43.5 Å². The number of anilines is 1. The quantitative estimate of drug-likeness (QED) is 0.405. The summed E-state index contributed by atoms with van der Waals surface area (Å²) in [6.07, 6.45) is 5.07. The van der Waals surface area contributed by atoms with E-state index < -0.39 is 8.32 Å². The average molecular weight is 403 g/mol. The Balaban J connectivity index is 1.60. The van der Waals surface area contributed by atoms with Crippen LogP contribution in [0.5, 0.6) is 0 Å². The largest absolute Gasteiger partial charge is 0.412 e. The van der Waals surface area contributed by atoms with Crippen molar-refractivity contribution >= 4 is 30.6 Å². The van der Waals surface area contributed by atoms with Crippen LogP contribution in [0.3, 0.4) is 0 Å². The van der Waals surface area contributed by atoms with Crippen LogP contribution in [-0.4, -0.2) is 42.2 Å². The van der Waals surface area contributed by atoms with E-state index in [4.69, 9.17) is 4.43 Å². The Morgan fingerprint density at radius 1 is 1.25 bits per heavy atom. The Bertz CT molecular complexity index is 914. The van der Waals surface area contributed by atoms with Gasteiger partial charge in [0.15, 0.2) is 8.32 Å². The Kier molecular flexibility index (Phi) is 4.54. The number of benzene rings is 1. The van der Waals surface area contributed by atoms with Crippen LogP contribution in [0.1, 0.15) is 46.1 Å². The Hall–Kier alpha value is -1.93. The number of nitrogens with zero attached hydrogens (tertiary/aromatic N) is 4. The standard InChI is InChI=1S/C20H30N4O3Si/c1-20(2,3)28(4,5)27-16-8-9-22(13-16)18-10-14-12-21-23(15-6-7-15)17(14)11-19(18)24(25)26/h10-12,15-16H,6-9,13H2,1-5H3. The highest BCUT2D eigenvalue weighted by Gasteiger charge is 2.41. The number of hydrogen-bond acceptors (Lipinski definition) is 5. The highest BCUT2D eigenvalue weighted by atomic mass is 28.4. The number of fused-ring (bicyclic) bond motifs is 1. The van der Waals surface area contributed by atoms with Crippen LogP contribution in [0, 0.1) is 10.1 Å². The summed E-state index contributed by atoms with van der Waals surface area (Å²) < 4.78 is 8.50. The molecule has 28 heavy (non-hydrogen) atoms. The maximum Gasteiger partial charge on any atom is 0.294 e. The van der Waals surface area contributed by atoms with Gasteiger partial charge in [0.1, 0.15) is 5.69 Å². The van der Waals surface area contributed by atoms with E-state index in [0.29, 0.717) is 18.3 Å².